The number of aromatic nitrogens is 1. The average Bonchev–Trinajstić information content (AvgIpc) is 2.02. The minimum Gasteiger partial charge on any atom is -0.358 e. The Morgan fingerprint density at radius 1 is 1.36 bits per heavy atom. The van der Waals surface area contributed by atoms with Crippen LogP contribution in [0.2, 0.25) is 0 Å². The van der Waals surface area contributed by atoms with Gasteiger partial charge in [0.05, 0.1) is 0 Å². The summed E-state index contributed by atoms with van der Waals surface area (Å²) < 4.78 is 14.7. The van der Waals surface area contributed by atoms with Gasteiger partial charge in [-0.15, -0.1) is 0 Å². The minimum atomic E-state index is -2.37. The Bertz CT molecular complexity index is 333. The van der Waals surface area contributed by atoms with Crippen LogP contribution >= 0.6 is 15.9 Å². The van der Waals surface area contributed by atoms with E-state index in [0.717, 1.165) is 0 Å². The molecule has 1 atom stereocenters. The highest BCUT2D eigenvalue weighted by Gasteiger charge is 2.42. The van der Waals surface area contributed by atoms with Gasteiger partial charge in [0.1, 0.15) is 0 Å². The fraction of sp³-hybridized carbons (Fsp3) is 0.500. The molecule has 1 aromatic heterocycles. The molecule has 0 bridgehead atoms. The predicted molar refractivity (Wildman–Crippen MR) is 56.4 cm³/mol. The zero-order valence-electron chi connectivity index (χ0n) is 8.38. The summed E-state index contributed by atoms with van der Waals surface area (Å²) in [6, 6.07) is 1.53. The van der Waals surface area contributed by atoms with Gasteiger partial charge in [-0.3, -0.25) is 4.98 Å². The number of rotatable bonds is 1. The molecule has 1 unspecified atom stereocenters. The lowest BCUT2D eigenvalue weighted by molar-refractivity contribution is -0.176. The van der Waals surface area contributed by atoms with Crippen LogP contribution in [0.25, 0.3) is 0 Å². The average molecular weight is 262 g/mol. The number of halogens is 2. The van der Waals surface area contributed by atoms with Gasteiger partial charge < -0.3 is 5.11 Å². The van der Waals surface area contributed by atoms with Crippen molar-refractivity contribution >= 4 is 15.9 Å². The molecule has 0 aliphatic rings. The molecule has 0 spiro atoms. The molecule has 1 N–H and O–H groups in total. The van der Waals surface area contributed by atoms with Crippen LogP contribution < -0.4 is 0 Å². The van der Waals surface area contributed by atoms with E-state index in [4.69, 9.17) is 0 Å². The van der Waals surface area contributed by atoms with Crippen molar-refractivity contribution in [3.05, 3.63) is 28.5 Å². The molecule has 0 saturated heterocycles. The van der Waals surface area contributed by atoms with Gasteiger partial charge in [-0.25, -0.2) is 4.39 Å². The highest BCUT2D eigenvalue weighted by molar-refractivity contribution is 9.10. The van der Waals surface area contributed by atoms with Crippen LogP contribution in [0.15, 0.2) is 22.9 Å². The summed E-state index contributed by atoms with van der Waals surface area (Å²) in [4.78, 5) is 3.82. The van der Waals surface area contributed by atoms with Crippen LogP contribution in [0.1, 0.15) is 26.3 Å². The topological polar surface area (TPSA) is 33.1 Å². The molecule has 1 rings (SSSR count). The second kappa shape index (κ2) is 3.59. The van der Waals surface area contributed by atoms with Crippen LogP contribution in [0, 0.1) is 5.41 Å². The van der Waals surface area contributed by atoms with Gasteiger partial charge in [0.2, 0.25) is 5.85 Å². The van der Waals surface area contributed by atoms with E-state index in [1.54, 1.807) is 27.0 Å². The molecule has 1 heterocycles. The SMILES string of the molecule is CC(C)(C)C(O)(F)c1cncc(Br)c1. The summed E-state index contributed by atoms with van der Waals surface area (Å²) in [6.45, 7) is 4.90. The Morgan fingerprint density at radius 3 is 2.36 bits per heavy atom. The summed E-state index contributed by atoms with van der Waals surface area (Å²) in [5.41, 5.74) is -0.713. The molecule has 0 aromatic carbocycles. The molecular formula is C10H13BrFNO. The fourth-order valence-corrected chi connectivity index (χ4v) is 1.39. The van der Waals surface area contributed by atoms with E-state index in [1.807, 2.05) is 0 Å². The minimum absolute atomic E-state index is 0.166. The lowest BCUT2D eigenvalue weighted by Crippen LogP contribution is -2.35. The van der Waals surface area contributed by atoms with E-state index in [0.29, 0.717) is 4.47 Å². The third-order valence-electron chi connectivity index (χ3n) is 2.08. The number of pyridine rings is 1. The normalized spacial score (nSPS) is 16.4. The van der Waals surface area contributed by atoms with Crippen molar-refractivity contribution in [1.82, 2.24) is 4.98 Å². The zero-order chi connectivity index (χ0) is 11.0. The standard InChI is InChI=1S/C10H13BrFNO/c1-9(2,3)10(12,14)7-4-8(11)6-13-5-7/h4-6,14H,1-3H3. The lowest BCUT2D eigenvalue weighted by Gasteiger charge is -2.32. The highest BCUT2D eigenvalue weighted by atomic mass is 79.9. The molecule has 0 aliphatic carbocycles. The maximum atomic E-state index is 14.0. The van der Waals surface area contributed by atoms with Crippen molar-refractivity contribution in [2.45, 2.75) is 26.6 Å². The quantitative estimate of drug-likeness (QED) is 0.843. The molecule has 0 saturated carbocycles. The molecule has 14 heavy (non-hydrogen) atoms. The first-order valence-electron chi connectivity index (χ1n) is 4.27. The first-order valence-corrected chi connectivity index (χ1v) is 5.07. The maximum absolute atomic E-state index is 14.0. The van der Waals surface area contributed by atoms with E-state index in [-0.39, 0.29) is 5.56 Å². The van der Waals surface area contributed by atoms with Crippen molar-refractivity contribution in [2.24, 2.45) is 5.41 Å². The fourth-order valence-electron chi connectivity index (χ4n) is 1.03. The van der Waals surface area contributed by atoms with Crippen molar-refractivity contribution < 1.29 is 9.50 Å². The molecule has 78 valence electrons. The molecule has 0 aliphatic heterocycles. The van der Waals surface area contributed by atoms with Gasteiger partial charge in [-0.2, -0.15) is 0 Å². The summed E-state index contributed by atoms with van der Waals surface area (Å²) in [5, 5.41) is 9.72. The van der Waals surface area contributed by atoms with Gasteiger partial charge in [-0.05, 0) is 22.0 Å². The van der Waals surface area contributed by atoms with E-state index in [1.165, 1.54) is 12.3 Å². The Kier molecular flexibility index (Phi) is 2.97. The number of hydrogen-bond donors (Lipinski definition) is 1. The third kappa shape index (κ3) is 2.12. The van der Waals surface area contributed by atoms with Gasteiger partial charge >= 0.3 is 0 Å². The Labute approximate surface area is 91.3 Å². The van der Waals surface area contributed by atoms with Crippen LogP contribution in [0.5, 0.6) is 0 Å². The van der Waals surface area contributed by atoms with Crippen molar-refractivity contribution in [3.8, 4) is 0 Å². The van der Waals surface area contributed by atoms with Gasteiger partial charge in [-0.1, -0.05) is 20.8 Å². The Morgan fingerprint density at radius 2 is 1.93 bits per heavy atom. The summed E-state index contributed by atoms with van der Waals surface area (Å²) >= 11 is 3.18. The van der Waals surface area contributed by atoms with E-state index in [2.05, 4.69) is 20.9 Å². The molecule has 0 radical (unpaired) electrons. The van der Waals surface area contributed by atoms with E-state index in [9.17, 15) is 9.50 Å². The Hall–Kier alpha value is -0.480. The summed E-state index contributed by atoms with van der Waals surface area (Å²) in [7, 11) is 0. The van der Waals surface area contributed by atoms with E-state index < -0.39 is 11.3 Å². The second-order valence-electron chi connectivity index (χ2n) is 4.26. The zero-order valence-corrected chi connectivity index (χ0v) is 9.97. The monoisotopic (exact) mass is 261 g/mol. The van der Waals surface area contributed by atoms with Crippen LogP contribution in [0.3, 0.4) is 0 Å². The Balaban J connectivity index is 3.16. The molecule has 0 amide bonds. The van der Waals surface area contributed by atoms with Crippen LogP contribution in [0.4, 0.5) is 4.39 Å². The summed E-state index contributed by atoms with van der Waals surface area (Å²) in [5.74, 6) is -2.37. The third-order valence-corrected chi connectivity index (χ3v) is 2.51. The molecule has 4 heteroatoms. The summed E-state index contributed by atoms with van der Waals surface area (Å²) in [6.07, 6.45) is 2.87. The maximum Gasteiger partial charge on any atom is 0.239 e. The van der Waals surface area contributed by atoms with Crippen LogP contribution in [-0.2, 0) is 5.85 Å². The largest absolute Gasteiger partial charge is 0.358 e. The van der Waals surface area contributed by atoms with Gasteiger partial charge in [0.25, 0.3) is 0 Å². The first-order chi connectivity index (χ1) is 6.25. The van der Waals surface area contributed by atoms with Crippen molar-refractivity contribution in [3.63, 3.8) is 0 Å². The highest BCUT2D eigenvalue weighted by Crippen LogP contribution is 2.40. The number of alkyl halides is 1. The molecule has 2 nitrogen and oxygen atoms in total. The van der Waals surface area contributed by atoms with Gasteiger partial charge in [0, 0.05) is 27.8 Å². The molecular weight excluding hydrogens is 249 g/mol. The van der Waals surface area contributed by atoms with Crippen molar-refractivity contribution in [1.29, 1.82) is 0 Å². The smallest absolute Gasteiger partial charge is 0.239 e. The number of aliphatic hydroxyl groups is 1. The second-order valence-corrected chi connectivity index (χ2v) is 5.18. The molecule has 0 fully saturated rings. The first kappa shape index (κ1) is 11.6. The van der Waals surface area contributed by atoms with Crippen molar-refractivity contribution in [2.75, 3.05) is 0 Å². The van der Waals surface area contributed by atoms with Crippen LogP contribution in [-0.4, -0.2) is 10.1 Å². The number of nitrogens with zero attached hydrogens (tertiary/aromatic N) is 1. The van der Waals surface area contributed by atoms with E-state index >= 15 is 0 Å². The lowest BCUT2D eigenvalue weighted by atomic mass is 9.83. The molecule has 1 aromatic rings. The number of hydrogen-bond acceptors (Lipinski definition) is 2. The van der Waals surface area contributed by atoms with Gasteiger partial charge in [0.15, 0.2) is 0 Å². The predicted octanol–water partition coefficient (Wildman–Crippen LogP) is 3.00.